The van der Waals surface area contributed by atoms with Crippen LogP contribution in [0.5, 0.6) is 0 Å². The molecule has 3 N–H and O–H groups in total. The van der Waals surface area contributed by atoms with Gasteiger partial charge in [-0.3, -0.25) is 4.79 Å². The summed E-state index contributed by atoms with van der Waals surface area (Å²) in [4.78, 5) is 12.4. The summed E-state index contributed by atoms with van der Waals surface area (Å²) in [6.07, 6.45) is 2.19. The lowest BCUT2D eigenvalue weighted by atomic mass is 10.1. The van der Waals surface area contributed by atoms with Gasteiger partial charge < -0.3 is 11.1 Å². The summed E-state index contributed by atoms with van der Waals surface area (Å²) in [7, 11) is 0. The average molecular weight is 248 g/mol. The third-order valence-electron chi connectivity index (χ3n) is 2.97. The summed E-state index contributed by atoms with van der Waals surface area (Å²) in [6, 6.07) is 7.34. The van der Waals surface area contributed by atoms with E-state index in [0.717, 1.165) is 18.4 Å². The van der Waals surface area contributed by atoms with E-state index >= 15 is 0 Å². The summed E-state index contributed by atoms with van der Waals surface area (Å²) in [5, 5.41) is 2.92. The van der Waals surface area contributed by atoms with Crippen LogP contribution in [-0.4, -0.2) is 16.9 Å². The molecule has 1 aromatic carbocycles. The summed E-state index contributed by atoms with van der Waals surface area (Å²) >= 11 is 4.99. The quantitative estimate of drug-likeness (QED) is 0.799. The first-order valence-electron chi connectivity index (χ1n) is 5.75. The van der Waals surface area contributed by atoms with E-state index in [4.69, 9.17) is 18.0 Å². The van der Waals surface area contributed by atoms with Crippen LogP contribution in [0, 0.1) is 12.8 Å². The Morgan fingerprint density at radius 3 is 2.76 bits per heavy atom. The van der Waals surface area contributed by atoms with E-state index in [1.807, 2.05) is 25.1 Å². The van der Waals surface area contributed by atoms with Crippen molar-refractivity contribution in [3.8, 4) is 0 Å². The highest BCUT2D eigenvalue weighted by Gasteiger charge is 2.34. The first-order chi connectivity index (χ1) is 8.08. The molecule has 0 spiro atoms. The second kappa shape index (κ2) is 4.84. The van der Waals surface area contributed by atoms with Crippen molar-refractivity contribution in [1.29, 1.82) is 0 Å². The SMILES string of the molecule is Cc1cccc(C(=O)NC(C(N)=S)C2CC2)c1. The summed E-state index contributed by atoms with van der Waals surface area (Å²) in [6.45, 7) is 1.96. The number of rotatable bonds is 4. The molecule has 0 radical (unpaired) electrons. The predicted octanol–water partition coefficient (Wildman–Crippen LogP) is 1.79. The second-order valence-corrected chi connectivity index (χ2v) is 5.03. The Balaban J connectivity index is 2.07. The lowest BCUT2D eigenvalue weighted by Crippen LogP contribution is -2.45. The molecule has 0 aromatic heterocycles. The minimum absolute atomic E-state index is 0.0987. The normalized spacial score (nSPS) is 16.3. The molecule has 1 saturated carbocycles. The Labute approximate surface area is 106 Å². The number of aryl methyl sites for hydroxylation is 1. The Morgan fingerprint density at radius 1 is 1.53 bits per heavy atom. The first kappa shape index (κ1) is 12.0. The van der Waals surface area contributed by atoms with Gasteiger partial charge in [-0.15, -0.1) is 0 Å². The zero-order valence-electron chi connectivity index (χ0n) is 9.77. The highest BCUT2D eigenvalue weighted by Crippen LogP contribution is 2.32. The molecule has 1 aliphatic carbocycles. The lowest BCUT2D eigenvalue weighted by Gasteiger charge is -2.16. The lowest BCUT2D eigenvalue weighted by molar-refractivity contribution is 0.0943. The number of hydrogen-bond donors (Lipinski definition) is 2. The number of amides is 1. The topological polar surface area (TPSA) is 55.1 Å². The van der Waals surface area contributed by atoms with E-state index in [0.29, 0.717) is 16.5 Å². The van der Waals surface area contributed by atoms with Crippen molar-refractivity contribution in [1.82, 2.24) is 5.32 Å². The summed E-state index contributed by atoms with van der Waals surface area (Å²) in [5.41, 5.74) is 7.38. The maximum absolute atomic E-state index is 12.0. The smallest absolute Gasteiger partial charge is 0.251 e. The molecule has 0 saturated heterocycles. The molecule has 1 fully saturated rings. The van der Waals surface area contributed by atoms with Crippen LogP contribution < -0.4 is 11.1 Å². The number of hydrogen-bond acceptors (Lipinski definition) is 2. The molecule has 0 bridgehead atoms. The van der Waals surface area contributed by atoms with Crippen LogP contribution >= 0.6 is 12.2 Å². The van der Waals surface area contributed by atoms with Gasteiger partial charge in [-0.1, -0.05) is 29.9 Å². The van der Waals surface area contributed by atoms with Crippen molar-refractivity contribution >= 4 is 23.1 Å². The van der Waals surface area contributed by atoms with Crippen molar-refractivity contribution in [3.05, 3.63) is 35.4 Å². The molecule has 1 amide bonds. The molecule has 0 heterocycles. The monoisotopic (exact) mass is 248 g/mol. The van der Waals surface area contributed by atoms with E-state index in [-0.39, 0.29) is 11.9 Å². The van der Waals surface area contributed by atoms with Crippen molar-refractivity contribution in [2.75, 3.05) is 0 Å². The van der Waals surface area contributed by atoms with Gasteiger partial charge in [0.2, 0.25) is 0 Å². The van der Waals surface area contributed by atoms with Crippen LogP contribution in [0.4, 0.5) is 0 Å². The maximum Gasteiger partial charge on any atom is 0.251 e. The van der Waals surface area contributed by atoms with E-state index in [1.165, 1.54) is 0 Å². The molecule has 0 aliphatic heterocycles. The van der Waals surface area contributed by atoms with Crippen LogP contribution in [-0.2, 0) is 0 Å². The van der Waals surface area contributed by atoms with Gasteiger partial charge in [0.1, 0.15) is 0 Å². The highest BCUT2D eigenvalue weighted by molar-refractivity contribution is 7.80. The van der Waals surface area contributed by atoms with Crippen LogP contribution in [0.25, 0.3) is 0 Å². The number of thiocarbonyl (C=S) groups is 1. The molecule has 1 aromatic rings. The second-order valence-electron chi connectivity index (χ2n) is 4.56. The van der Waals surface area contributed by atoms with Crippen LogP contribution in [0.3, 0.4) is 0 Å². The third kappa shape index (κ3) is 3.03. The van der Waals surface area contributed by atoms with Crippen LogP contribution in [0.15, 0.2) is 24.3 Å². The van der Waals surface area contributed by atoms with Crippen LogP contribution in [0.1, 0.15) is 28.8 Å². The molecule has 17 heavy (non-hydrogen) atoms. The highest BCUT2D eigenvalue weighted by atomic mass is 32.1. The largest absolute Gasteiger partial charge is 0.392 e. The number of nitrogens with one attached hydrogen (secondary N) is 1. The molecule has 4 heteroatoms. The molecule has 1 atom stereocenters. The predicted molar refractivity (Wildman–Crippen MR) is 71.9 cm³/mol. The number of nitrogens with two attached hydrogens (primary N) is 1. The Kier molecular flexibility index (Phi) is 3.43. The van der Waals surface area contributed by atoms with Gasteiger partial charge in [-0.25, -0.2) is 0 Å². The Hall–Kier alpha value is -1.42. The molecule has 1 aliphatic rings. The standard InChI is InChI=1S/C13H16N2OS/c1-8-3-2-4-10(7-8)13(16)15-11(12(14)17)9-5-6-9/h2-4,7,9,11H,5-6H2,1H3,(H2,14,17)(H,15,16). The molecular formula is C13H16N2OS. The number of benzene rings is 1. The fraction of sp³-hybridized carbons (Fsp3) is 0.385. The molecule has 2 rings (SSSR count). The Morgan fingerprint density at radius 2 is 2.24 bits per heavy atom. The van der Waals surface area contributed by atoms with E-state index in [2.05, 4.69) is 5.32 Å². The van der Waals surface area contributed by atoms with Crippen molar-refractivity contribution in [2.45, 2.75) is 25.8 Å². The molecule has 3 nitrogen and oxygen atoms in total. The summed E-state index contributed by atoms with van der Waals surface area (Å²) in [5.74, 6) is 0.333. The van der Waals surface area contributed by atoms with Gasteiger partial charge in [0, 0.05) is 5.56 Å². The zero-order valence-corrected chi connectivity index (χ0v) is 10.6. The maximum atomic E-state index is 12.0. The molecular weight excluding hydrogens is 232 g/mol. The minimum atomic E-state index is -0.155. The first-order valence-corrected chi connectivity index (χ1v) is 6.15. The Bertz CT molecular complexity index is 454. The van der Waals surface area contributed by atoms with Gasteiger partial charge in [0.25, 0.3) is 5.91 Å². The number of carbonyl (C=O) groups excluding carboxylic acids is 1. The fourth-order valence-corrected chi connectivity index (χ4v) is 2.11. The van der Waals surface area contributed by atoms with Gasteiger partial charge >= 0.3 is 0 Å². The zero-order chi connectivity index (χ0) is 12.4. The minimum Gasteiger partial charge on any atom is -0.392 e. The van der Waals surface area contributed by atoms with E-state index in [1.54, 1.807) is 6.07 Å². The van der Waals surface area contributed by atoms with Gasteiger partial charge in [-0.2, -0.15) is 0 Å². The number of carbonyl (C=O) groups is 1. The van der Waals surface area contributed by atoms with E-state index in [9.17, 15) is 4.79 Å². The van der Waals surface area contributed by atoms with E-state index < -0.39 is 0 Å². The fourth-order valence-electron chi connectivity index (χ4n) is 1.86. The van der Waals surface area contributed by atoms with Crippen molar-refractivity contribution in [3.63, 3.8) is 0 Å². The van der Waals surface area contributed by atoms with Gasteiger partial charge in [0.15, 0.2) is 0 Å². The van der Waals surface area contributed by atoms with Crippen molar-refractivity contribution in [2.24, 2.45) is 11.7 Å². The van der Waals surface area contributed by atoms with Gasteiger partial charge in [-0.05, 0) is 37.8 Å². The van der Waals surface area contributed by atoms with Crippen LogP contribution in [0.2, 0.25) is 0 Å². The third-order valence-corrected chi connectivity index (χ3v) is 3.22. The molecule has 90 valence electrons. The average Bonchev–Trinajstić information content (AvgIpc) is 3.09. The molecule has 1 unspecified atom stereocenters. The summed E-state index contributed by atoms with van der Waals surface area (Å²) < 4.78 is 0. The van der Waals surface area contributed by atoms with Gasteiger partial charge in [0.05, 0.1) is 11.0 Å². The van der Waals surface area contributed by atoms with Crippen molar-refractivity contribution < 1.29 is 4.79 Å².